The molecule has 4 aliphatic carbocycles. The van der Waals surface area contributed by atoms with E-state index < -0.39 is 11.6 Å². The van der Waals surface area contributed by atoms with Crippen molar-refractivity contribution < 1.29 is 71.4 Å². The van der Waals surface area contributed by atoms with Crippen molar-refractivity contribution in [2.45, 2.75) is 148 Å². The van der Waals surface area contributed by atoms with Crippen LogP contribution in [0.1, 0.15) is 125 Å². The van der Waals surface area contributed by atoms with Gasteiger partial charge in [-0.15, -0.1) is 0 Å². The van der Waals surface area contributed by atoms with E-state index in [0.717, 1.165) is 64.2 Å². The minimum absolute atomic E-state index is 0. The van der Waals surface area contributed by atoms with E-state index in [-0.39, 0.29) is 88.6 Å². The molecule has 2 N–H and O–H groups in total. The zero-order valence-electron chi connectivity index (χ0n) is 23.8. The minimum atomic E-state index is -1.16. The summed E-state index contributed by atoms with van der Waals surface area (Å²) in [5, 5.41) is 20.8. The van der Waals surface area contributed by atoms with Gasteiger partial charge in [0.15, 0.2) is 11.6 Å². The summed E-state index contributed by atoms with van der Waals surface area (Å²) in [4.78, 5) is 24.3. The number of hydrogen-bond acceptors (Lipinski definition) is 6. The van der Waals surface area contributed by atoms with Crippen molar-refractivity contribution in [1.29, 1.82) is 0 Å². The number of carbonyl (C=O) groups excluding carboxylic acids is 2. The molecule has 8 rings (SSSR count). The second kappa shape index (κ2) is 14.0. The van der Waals surface area contributed by atoms with Crippen molar-refractivity contribution in [2.75, 3.05) is 0 Å². The maximum atomic E-state index is 12.2. The first-order valence-corrected chi connectivity index (χ1v) is 14.6. The Balaban J connectivity index is 0.000000312. The molecule has 8 fully saturated rings. The predicted octanol–water partition coefficient (Wildman–Crippen LogP) is 5.70. The first kappa shape index (κ1) is 35.6. The average Bonchev–Trinajstić information content (AvgIpc) is 3.32. The Morgan fingerprint density at radius 1 is 0.595 bits per heavy atom. The average molecular weight is 862 g/mol. The molecule has 214 valence electrons. The van der Waals surface area contributed by atoms with Crippen LogP contribution in [0.2, 0.25) is 0 Å². The predicted molar refractivity (Wildman–Crippen MR) is 136 cm³/mol. The number of aliphatic hydroxyl groups is 2. The molecule has 4 bridgehead atoms. The van der Waals surface area contributed by atoms with Crippen LogP contribution in [-0.2, 0) is 61.2 Å². The third kappa shape index (κ3) is 6.25. The summed E-state index contributed by atoms with van der Waals surface area (Å²) in [6.45, 7) is 11.6. The van der Waals surface area contributed by atoms with Gasteiger partial charge in [0.25, 0.3) is 0 Å². The maximum absolute atomic E-state index is 12.2. The van der Waals surface area contributed by atoms with Crippen molar-refractivity contribution in [3.05, 3.63) is 0 Å². The minimum Gasteiger partial charge on any atom is -0.365 e. The molecule has 0 aromatic rings. The maximum Gasteiger partial charge on any atom is 0.175 e. The van der Waals surface area contributed by atoms with E-state index in [0.29, 0.717) is 12.8 Å². The monoisotopic (exact) mass is 862 g/mol. The first-order valence-electron chi connectivity index (χ1n) is 14.6. The second-order valence-electron chi connectivity index (χ2n) is 11.2. The fourth-order valence-electron chi connectivity index (χ4n) is 7.66. The Morgan fingerprint density at radius 3 is 1.19 bits per heavy atom. The van der Waals surface area contributed by atoms with E-state index in [2.05, 4.69) is 0 Å². The van der Waals surface area contributed by atoms with Gasteiger partial charge in [-0.25, -0.2) is 0 Å². The molecule has 8 aliphatic rings. The molecule has 4 saturated carbocycles. The molecule has 0 aromatic heterocycles. The van der Waals surface area contributed by atoms with Crippen LogP contribution in [-0.4, -0.2) is 44.6 Å². The van der Waals surface area contributed by atoms with Crippen LogP contribution in [0.5, 0.6) is 0 Å². The summed E-state index contributed by atoms with van der Waals surface area (Å²) in [5.74, 6) is -2.40. The van der Waals surface area contributed by atoms with Gasteiger partial charge in [-0.3, -0.25) is 9.59 Å². The number of ketones is 2. The Kier molecular flexibility index (Phi) is 13.4. The fourth-order valence-corrected chi connectivity index (χ4v) is 7.66. The molecule has 6 atom stereocenters. The van der Waals surface area contributed by atoms with Gasteiger partial charge < -0.3 is 19.7 Å². The van der Waals surface area contributed by atoms with E-state index in [1.54, 1.807) is 6.92 Å². The quantitative estimate of drug-likeness (QED) is 0.325. The van der Waals surface area contributed by atoms with E-state index >= 15 is 0 Å². The van der Waals surface area contributed by atoms with Crippen LogP contribution < -0.4 is 0 Å². The second-order valence-corrected chi connectivity index (χ2v) is 11.2. The molecule has 2 spiro atoms. The zero-order valence-corrected chi connectivity index (χ0v) is 29.7. The molecule has 0 aromatic carbocycles. The molecule has 0 amide bonds. The molecule has 37 heavy (non-hydrogen) atoms. The standard InChI is InChI=1S/C13H20O3.C12H18O3.2C2H6.2W/c1-9-11(14)10-5-8-13(9,15)16-12(10)6-3-2-4-7-12;1-8-10(13)9-4-7-12(8,14)15-11(9)5-2-3-6-11;2*1-2;;/h9-10,15H,2-8H2,1H3;8-9,14H,2-7H2,1H3;2*1-2H3;;. The van der Waals surface area contributed by atoms with Crippen LogP contribution in [0, 0.1) is 23.7 Å². The summed E-state index contributed by atoms with van der Waals surface area (Å²) >= 11 is 0. The number of Topliss-reactive ketones (excluding diaryl/α,β-unsaturated/α-hetero) is 2. The normalized spacial score (nSPS) is 39.7. The third-order valence-corrected chi connectivity index (χ3v) is 9.66. The molecular weight excluding hydrogens is 812 g/mol. The fraction of sp³-hybridized carbons (Fsp3) is 0.931. The van der Waals surface area contributed by atoms with E-state index in [1.807, 2.05) is 34.6 Å². The molecule has 4 saturated heterocycles. The Labute approximate surface area is 253 Å². The molecule has 6 nitrogen and oxygen atoms in total. The van der Waals surface area contributed by atoms with E-state index in [4.69, 9.17) is 9.47 Å². The Morgan fingerprint density at radius 2 is 0.892 bits per heavy atom. The third-order valence-electron chi connectivity index (χ3n) is 9.66. The summed E-state index contributed by atoms with van der Waals surface area (Å²) in [7, 11) is 0. The van der Waals surface area contributed by atoms with Gasteiger partial charge in [0.1, 0.15) is 11.6 Å². The van der Waals surface area contributed by atoms with Gasteiger partial charge in [-0.1, -0.05) is 73.6 Å². The van der Waals surface area contributed by atoms with Gasteiger partial charge in [0, 0.05) is 66.8 Å². The number of fused-ring (bicyclic) bond motifs is 4. The van der Waals surface area contributed by atoms with Crippen LogP contribution >= 0.6 is 0 Å². The Hall–Kier alpha value is 0.557. The van der Waals surface area contributed by atoms with Crippen LogP contribution in [0.25, 0.3) is 0 Å². The number of rotatable bonds is 0. The van der Waals surface area contributed by atoms with Crippen molar-refractivity contribution >= 4 is 11.6 Å². The van der Waals surface area contributed by atoms with Gasteiger partial charge in [0.05, 0.1) is 23.0 Å². The van der Waals surface area contributed by atoms with Crippen molar-refractivity contribution in [2.24, 2.45) is 23.7 Å². The van der Waals surface area contributed by atoms with Gasteiger partial charge in [0.2, 0.25) is 0 Å². The van der Waals surface area contributed by atoms with E-state index in [9.17, 15) is 19.8 Å². The molecule has 4 aliphatic heterocycles. The SMILES string of the molecule is CC.CC.CC1C(=O)C2CCC1(O)OC21CCCC1.CC1C(=O)C2CCC1(O)OC21CCCCC1.[W].[W]. The van der Waals surface area contributed by atoms with Crippen molar-refractivity contribution in [3.63, 3.8) is 0 Å². The molecule has 4 heterocycles. The smallest absolute Gasteiger partial charge is 0.175 e. The summed E-state index contributed by atoms with van der Waals surface area (Å²) in [6.07, 6.45) is 12.5. The van der Waals surface area contributed by atoms with Crippen LogP contribution in [0.15, 0.2) is 0 Å². The number of hydrogen-bond donors (Lipinski definition) is 2. The van der Waals surface area contributed by atoms with Crippen LogP contribution in [0.3, 0.4) is 0 Å². The Bertz CT molecular complexity index is 763. The first-order chi connectivity index (χ1) is 16.6. The van der Waals surface area contributed by atoms with Crippen molar-refractivity contribution in [3.8, 4) is 0 Å². The van der Waals surface area contributed by atoms with Crippen LogP contribution in [0.4, 0.5) is 0 Å². The summed E-state index contributed by atoms with van der Waals surface area (Å²) < 4.78 is 12.0. The summed E-state index contributed by atoms with van der Waals surface area (Å²) in [6, 6.07) is 0. The molecule has 8 heteroatoms. The summed E-state index contributed by atoms with van der Waals surface area (Å²) in [5.41, 5.74) is -0.606. The molecule has 6 unspecified atom stereocenters. The molecular formula is C29H50O6W2. The van der Waals surface area contributed by atoms with E-state index in [1.165, 1.54) is 6.42 Å². The molecule has 0 radical (unpaired) electrons. The van der Waals surface area contributed by atoms with Gasteiger partial charge >= 0.3 is 0 Å². The topological polar surface area (TPSA) is 93.1 Å². The van der Waals surface area contributed by atoms with Gasteiger partial charge in [-0.2, -0.15) is 0 Å². The van der Waals surface area contributed by atoms with Crippen molar-refractivity contribution in [1.82, 2.24) is 0 Å². The zero-order chi connectivity index (χ0) is 26.1. The largest absolute Gasteiger partial charge is 0.365 e. The van der Waals surface area contributed by atoms with Gasteiger partial charge in [-0.05, 0) is 38.5 Å². The number of ether oxygens (including phenoxy) is 2. The number of carbonyl (C=O) groups is 2.